The van der Waals surface area contributed by atoms with Crippen molar-refractivity contribution in [1.29, 1.82) is 0 Å². The topological polar surface area (TPSA) is 75.6 Å². The number of carboxylic acids is 1. The number of rotatable bonds is 11. The van der Waals surface area contributed by atoms with E-state index in [0.29, 0.717) is 5.75 Å². The summed E-state index contributed by atoms with van der Waals surface area (Å²) < 4.78 is 5.46. The fourth-order valence-electron chi connectivity index (χ4n) is 3.79. The number of hydrogen-bond donors (Lipinski definition) is 2. The number of carbonyl (C=O) groups is 2. The molecule has 2 aromatic carbocycles. The van der Waals surface area contributed by atoms with Crippen molar-refractivity contribution in [2.75, 3.05) is 18.1 Å². The minimum atomic E-state index is -1.04. The highest BCUT2D eigenvalue weighted by molar-refractivity contribution is 7.99. The lowest BCUT2D eigenvalue weighted by molar-refractivity contribution is -0.138. The monoisotopic (exact) mass is 427 g/mol. The Balaban J connectivity index is 1.53. The zero-order chi connectivity index (χ0) is 21.3. The average Bonchev–Trinajstić information content (AvgIpc) is 3.07. The van der Waals surface area contributed by atoms with Gasteiger partial charge in [0.1, 0.15) is 12.6 Å². The quantitative estimate of drug-likeness (QED) is 0.477. The number of nitrogens with one attached hydrogen (secondary N) is 1. The predicted molar refractivity (Wildman–Crippen MR) is 121 cm³/mol. The van der Waals surface area contributed by atoms with Gasteiger partial charge in [0.05, 0.1) is 0 Å². The summed E-state index contributed by atoms with van der Waals surface area (Å²) in [5.41, 5.74) is 4.57. The van der Waals surface area contributed by atoms with Crippen molar-refractivity contribution < 1.29 is 19.4 Å². The molecule has 0 radical (unpaired) electrons. The van der Waals surface area contributed by atoms with Gasteiger partial charge in [0.2, 0.25) is 0 Å². The Hall–Kier alpha value is -2.47. The summed E-state index contributed by atoms with van der Waals surface area (Å²) in [5, 5.41) is 11.9. The minimum absolute atomic E-state index is 0.0423. The molecule has 3 rings (SSSR count). The number of amides is 1. The molecule has 0 bridgehead atoms. The van der Waals surface area contributed by atoms with E-state index in [9.17, 15) is 14.7 Å². The Bertz CT molecular complexity index is 824. The lowest BCUT2D eigenvalue weighted by atomic mass is 9.98. The van der Waals surface area contributed by atoms with Crippen molar-refractivity contribution in [3.05, 3.63) is 59.7 Å². The molecule has 0 unspecified atom stereocenters. The van der Waals surface area contributed by atoms with Crippen LogP contribution in [0.25, 0.3) is 11.1 Å². The molecule has 160 valence electrons. The predicted octanol–water partition coefficient (Wildman–Crippen LogP) is 5.29. The van der Waals surface area contributed by atoms with Crippen molar-refractivity contribution in [1.82, 2.24) is 5.32 Å². The molecule has 0 saturated heterocycles. The summed E-state index contributed by atoms with van der Waals surface area (Å²) in [6.07, 6.45) is 3.90. The summed E-state index contributed by atoms with van der Waals surface area (Å²) in [7, 11) is 0. The second-order valence-electron chi connectivity index (χ2n) is 7.50. The molecule has 0 aromatic heterocycles. The number of ether oxygens (including phenoxy) is 1. The molecular formula is C24H29NO4S. The fourth-order valence-corrected chi connectivity index (χ4v) is 4.83. The number of aliphatic carboxylic acids is 1. The van der Waals surface area contributed by atoms with Crippen LogP contribution in [-0.2, 0) is 9.53 Å². The largest absolute Gasteiger partial charge is 0.480 e. The lowest BCUT2D eigenvalue weighted by Gasteiger charge is -2.17. The van der Waals surface area contributed by atoms with E-state index in [2.05, 4.69) is 36.5 Å². The van der Waals surface area contributed by atoms with Crippen LogP contribution in [-0.4, -0.2) is 41.3 Å². The Morgan fingerprint density at radius 3 is 2.27 bits per heavy atom. The molecule has 0 fully saturated rings. The van der Waals surface area contributed by atoms with E-state index >= 15 is 0 Å². The third-order valence-electron chi connectivity index (χ3n) is 5.36. The summed E-state index contributed by atoms with van der Waals surface area (Å²) >= 11 is 1.56. The van der Waals surface area contributed by atoms with E-state index in [-0.39, 0.29) is 12.5 Å². The van der Waals surface area contributed by atoms with Gasteiger partial charge in [0.25, 0.3) is 0 Å². The van der Waals surface area contributed by atoms with E-state index < -0.39 is 18.1 Å². The van der Waals surface area contributed by atoms with Crippen molar-refractivity contribution in [2.24, 2.45) is 0 Å². The number of unbranched alkanes of at least 4 members (excludes halogenated alkanes) is 3. The molecule has 0 spiro atoms. The number of thioether (sulfide) groups is 1. The highest BCUT2D eigenvalue weighted by Crippen LogP contribution is 2.44. The molecule has 0 aliphatic heterocycles. The summed E-state index contributed by atoms with van der Waals surface area (Å²) in [6, 6.07) is 15.3. The highest BCUT2D eigenvalue weighted by atomic mass is 32.2. The van der Waals surface area contributed by atoms with Gasteiger partial charge in [-0.2, -0.15) is 11.8 Å². The van der Waals surface area contributed by atoms with Crippen LogP contribution in [0.1, 0.15) is 49.7 Å². The van der Waals surface area contributed by atoms with Crippen LogP contribution in [0, 0.1) is 0 Å². The van der Waals surface area contributed by atoms with Crippen LogP contribution in [0.2, 0.25) is 0 Å². The van der Waals surface area contributed by atoms with Gasteiger partial charge in [-0.25, -0.2) is 9.59 Å². The van der Waals surface area contributed by atoms with Gasteiger partial charge in [-0.15, -0.1) is 0 Å². The van der Waals surface area contributed by atoms with E-state index in [4.69, 9.17) is 4.74 Å². The van der Waals surface area contributed by atoms with Crippen LogP contribution < -0.4 is 5.32 Å². The minimum Gasteiger partial charge on any atom is -0.480 e. The average molecular weight is 428 g/mol. The third-order valence-corrected chi connectivity index (χ3v) is 6.51. The second kappa shape index (κ2) is 11.1. The van der Waals surface area contributed by atoms with E-state index in [1.165, 1.54) is 12.8 Å². The van der Waals surface area contributed by atoms with E-state index in [1.54, 1.807) is 11.8 Å². The molecular weight excluding hydrogens is 398 g/mol. The third kappa shape index (κ3) is 5.57. The number of hydrogen-bond acceptors (Lipinski definition) is 4. The molecule has 0 heterocycles. The standard InChI is InChI=1S/C24H29NO4S/c1-2-3-4-9-14-30-16-22(23(26)27)25-24(28)29-15-21-19-12-7-5-10-17(19)18-11-6-8-13-20(18)21/h5-8,10-13,21-22H,2-4,9,14-16H2,1H3,(H,25,28)(H,26,27)/t22-/m0/s1. The van der Waals surface area contributed by atoms with Crippen molar-refractivity contribution in [2.45, 2.75) is 44.6 Å². The lowest BCUT2D eigenvalue weighted by Crippen LogP contribution is -2.43. The van der Waals surface area contributed by atoms with Crippen LogP contribution in [0.15, 0.2) is 48.5 Å². The normalized spacial score (nSPS) is 13.4. The number of carbonyl (C=O) groups excluding carboxylic acids is 1. The number of carboxylic acid groups (broad SMARTS) is 1. The molecule has 30 heavy (non-hydrogen) atoms. The first kappa shape index (κ1) is 22.2. The number of fused-ring (bicyclic) bond motifs is 3. The fraction of sp³-hybridized carbons (Fsp3) is 0.417. The van der Waals surface area contributed by atoms with Crippen LogP contribution in [0.4, 0.5) is 4.79 Å². The Kier molecular flexibility index (Phi) is 8.20. The summed E-state index contributed by atoms with van der Waals surface area (Å²) in [5.74, 6) is 0.158. The number of benzene rings is 2. The van der Waals surface area contributed by atoms with Crippen LogP contribution in [0.3, 0.4) is 0 Å². The molecule has 0 saturated carbocycles. The van der Waals surface area contributed by atoms with Gasteiger partial charge in [-0.05, 0) is 34.4 Å². The van der Waals surface area contributed by atoms with Gasteiger partial charge >= 0.3 is 12.1 Å². The van der Waals surface area contributed by atoms with Gasteiger partial charge in [-0.1, -0.05) is 74.7 Å². The Morgan fingerprint density at radius 2 is 1.67 bits per heavy atom. The second-order valence-corrected chi connectivity index (χ2v) is 8.65. The maximum atomic E-state index is 12.3. The maximum absolute atomic E-state index is 12.3. The summed E-state index contributed by atoms with van der Waals surface area (Å²) in [6.45, 7) is 2.34. The first-order valence-corrected chi connectivity index (χ1v) is 11.7. The highest BCUT2D eigenvalue weighted by Gasteiger charge is 2.29. The van der Waals surface area contributed by atoms with Gasteiger partial charge in [-0.3, -0.25) is 0 Å². The maximum Gasteiger partial charge on any atom is 0.407 e. The van der Waals surface area contributed by atoms with Gasteiger partial charge in [0, 0.05) is 11.7 Å². The van der Waals surface area contributed by atoms with Crippen molar-refractivity contribution in [3.8, 4) is 11.1 Å². The van der Waals surface area contributed by atoms with Gasteiger partial charge < -0.3 is 15.2 Å². The molecule has 1 atom stereocenters. The molecule has 1 amide bonds. The van der Waals surface area contributed by atoms with E-state index in [0.717, 1.165) is 40.8 Å². The zero-order valence-corrected chi connectivity index (χ0v) is 18.1. The molecule has 2 N–H and O–H groups in total. The Morgan fingerprint density at radius 1 is 1.03 bits per heavy atom. The molecule has 5 nitrogen and oxygen atoms in total. The molecule has 1 aliphatic carbocycles. The van der Waals surface area contributed by atoms with Crippen molar-refractivity contribution >= 4 is 23.8 Å². The SMILES string of the molecule is CCCCCCSC[C@H](NC(=O)OCC1c2ccccc2-c2ccccc21)C(=O)O. The van der Waals surface area contributed by atoms with Gasteiger partial charge in [0.15, 0.2) is 0 Å². The molecule has 1 aliphatic rings. The van der Waals surface area contributed by atoms with Crippen molar-refractivity contribution in [3.63, 3.8) is 0 Å². The summed E-state index contributed by atoms with van der Waals surface area (Å²) in [4.78, 5) is 23.8. The molecule has 2 aromatic rings. The zero-order valence-electron chi connectivity index (χ0n) is 17.3. The smallest absolute Gasteiger partial charge is 0.407 e. The first-order chi connectivity index (χ1) is 14.6. The van der Waals surface area contributed by atoms with Crippen LogP contribution in [0.5, 0.6) is 0 Å². The molecule has 6 heteroatoms. The Labute approximate surface area is 182 Å². The van der Waals surface area contributed by atoms with Crippen LogP contribution >= 0.6 is 11.8 Å². The first-order valence-electron chi connectivity index (χ1n) is 10.5. The number of alkyl carbamates (subject to hydrolysis) is 1. The van der Waals surface area contributed by atoms with E-state index in [1.807, 2.05) is 24.3 Å².